The number of carbonyl (C=O) groups is 3. The number of Topliss-reactive ketones (excluding diaryl/α,β-unsaturated/α-hetero) is 1. The van der Waals surface area contributed by atoms with Crippen molar-refractivity contribution in [1.29, 1.82) is 0 Å². The summed E-state index contributed by atoms with van der Waals surface area (Å²) in [7, 11) is 1.51. The zero-order chi connectivity index (χ0) is 32.1. The highest BCUT2D eigenvalue weighted by atomic mass is 19.1. The van der Waals surface area contributed by atoms with E-state index in [4.69, 9.17) is 20.2 Å². The molecule has 2 aromatic carbocycles. The van der Waals surface area contributed by atoms with Crippen LogP contribution in [0, 0.1) is 5.82 Å². The molecule has 2 aliphatic rings. The summed E-state index contributed by atoms with van der Waals surface area (Å²) in [6, 6.07) is 14.2. The van der Waals surface area contributed by atoms with E-state index < -0.39 is 34.2 Å². The van der Waals surface area contributed by atoms with E-state index in [9.17, 15) is 23.9 Å². The molecule has 2 atom stereocenters. The Bertz CT molecular complexity index is 1850. The fourth-order valence-electron chi connectivity index (χ4n) is 5.67. The molecular weight excluding hydrogens is 579 g/mol. The van der Waals surface area contributed by atoms with Gasteiger partial charge >= 0.3 is 0 Å². The van der Waals surface area contributed by atoms with Crippen LogP contribution in [0.25, 0.3) is 22.2 Å². The van der Waals surface area contributed by atoms with Crippen molar-refractivity contribution in [3.05, 3.63) is 83.4 Å². The number of nitrogens with zero attached hydrogens (tertiary/aromatic N) is 2. The van der Waals surface area contributed by atoms with Crippen LogP contribution >= 0.6 is 0 Å². The average Bonchev–Trinajstić information content (AvgIpc) is 3.74. The summed E-state index contributed by atoms with van der Waals surface area (Å²) in [5.41, 5.74) is 4.12. The van der Waals surface area contributed by atoms with Crippen LogP contribution in [-0.2, 0) is 20.6 Å². The van der Waals surface area contributed by atoms with E-state index >= 15 is 0 Å². The highest BCUT2D eigenvalue weighted by Gasteiger charge is 2.54. The van der Waals surface area contributed by atoms with Gasteiger partial charge in [0.15, 0.2) is 5.78 Å². The minimum absolute atomic E-state index is 0.00241. The number of nitrogens with one attached hydrogen (secondary N) is 1. The number of pyridine rings is 2. The van der Waals surface area contributed by atoms with E-state index in [-0.39, 0.29) is 30.9 Å². The Balaban J connectivity index is 1.34. The predicted octanol–water partition coefficient (Wildman–Crippen LogP) is 4.10. The lowest BCUT2D eigenvalue weighted by Gasteiger charge is -2.27. The molecule has 0 radical (unpaired) electrons. The zero-order valence-electron chi connectivity index (χ0n) is 25.1. The van der Waals surface area contributed by atoms with Crippen LogP contribution in [0.2, 0.25) is 0 Å². The first-order valence-electron chi connectivity index (χ1n) is 14.6. The van der Waals surface area contributed by atoms with Crippen molar-refractivity contribution < 1.29 is 33.4 Å². The number of primary amides is 1. The number of methoxy groups -OCH3 is 1. The second-order valence-electron chi connectivity index (χ2n) is 12.2. The fraction of sp³-hybridized carbons (Fsp3) is 0.324. The van der Waals surface area contributed by atoms with Gasteiger partial charge in [-0.25, -0.2) is 9.37 Å². The summed E-state index contributed by atoms with van der Waals surface area (Å²) in [4.78, 5) is 48.1. The molecule has 4 N–H and O–H groups in total. The smallest absolute Gasteiger partial charge is 0.243 e. The first-order chi connectivity index (χ1) is 21.4. The molecule has 232 valence electrons. The van der Waals surface area contributed by atoms with Crippen molar-refractivity contribution in [3.63, 3.8) is 0 Å². The molecular formula is C34H33FN4O6. The van der Waals surface area contributed by atoms with Gasteiger partial charge in [-0.05, 0) is 81.6 Å². The third-order valence-corrected chi connectivity index (χ3v) is 8.87. The Morgan fingerprint density at radius 1 is 1.16 bits per heavy atom. The van der Waals surface area contributed by atoms with Crippen molar-refractivity contribution >= 4 is 28.5 Å². The summed E-state index contributed by atoms with van der Waals surface area (Å²) >= 11 is 0. The minimum Gasteiger partial charge on any atom is -0.494 e. The van der Waals surface area contributed by atoms with Crippen LogP contribution < -0.4 is 20.5 Å². The lowest BCUT2D eigenvalue weighted by Crippen LogP contribution is -2.53. The maximum Gasteiger partial charge on any atom is 0.243 e. The summed E-state index contributed by atoms with van der Waals surface area (Å²) in [5.74, 6) is -0.925. The fourth-order valence-corrected chi connectivity index (χ4v) is 5.67. The Hall–Kier alpha value is -4.90. The van der Waals surface area contributed by atoms with Gasteiger partial charge in [-0.3, -0.25) is 19.4 Å². The third-order valence-electron chi connectivity index (χ3n) is 8.87. The molecule has 0 unspecified atom stereocenters. The van der Waals surface area contributed by atoms with E-state index in [1.165, 1.54) is 31.4 Å². The molecule has 6 rings (SSSR count). The highest BCUT2D eigenvalue weighted by Crippen LogP contribution is 2.47. The van der Waals surface area contributed by atoms with E-state index in [0.717, 1.165) is 5.39 Å². The first-order valence-corrected chi connectivity index (χ1v) is 14.6. The Kier molecular flexibility index (Phi) is 7.31. The van der Waals surface area contributed by atoms with Gasteiger partial charge in [-0.1, -0.05) is 6.07 Å². The molecule has 3 heterocycles. The van der Waals surface area contributed by atoms with Gasteiger partial charge in [0.25, 0.3) is 0 Å². The largest absolute Gasteiger partial charge is 0.494 e. The lowest BCUT2D eigenvalue weighted by molar-refractivity contribution is -0.131. The van der Waals surface area contributed by atoms with Crippen LogP contribution in [0.15, 0.2) is 60.8 Å². The molecule has 0 spiro atoms. The summed E-state index contributed by atoms with van der Waals surface area (Å²) in [6.07, 6.45) is 2.52. The Morgan fingerprint density at radius 2 is 1.89 bits per heavy atom. The summed E-state index contributed by atoms with van der Waals surface area (Å²) in [5, 5.41) is 15.3. The van der Waals surface area contributed by atoms with Gasteiger partial charge in [0.05, 0.1) is 12.8 Å². The SMILES string of the molecule is COc1cc(C(=O)CC[C@](C)(O)c2cc3c(c(-c4ccc(F)cc4)n2)OC[C@]3(C)C(=O)NC2(C(N)=O)CC2)cc2cccnc12. The topological polar surface area (TPSA) is 154 Å². The molecule has 1 saturated carbocycles. The predicted molar refractivity (Wildman–Crippen MR) is 163 cm³/mol. The molecule has 11 heteroatoms. The molecule has 1 fully saturated rings. The molecule has 10 nitrogen and oxygen atoms in total. The van der Waals surface area contributed by atoms with Crippen molar-refractivity contribution in [1.82, 2.24) is 15.3 Å². The number of nitrogens with two attached hydrogens (primary N) is 1. The molecule has 2 aromatic heterocycles. The first kappa shape index (κ1) is 30.1. The number of ether oxygens (including phenoxy) is 2. The van der Waals surface area contributed by atoms with Crippen LogP contribution in [-0.4, -0.2) is 51.9 Å². The second-order valence-corrected chi connectivity index (χ2v) is 12.2. The minimum atomic E-state index is -1.62. The maximum atomic E-state index is 13.8. The molecule has 0 saturated heterocycles. The highest BCUT2D eigenvalue weighted by molar-refractivity contribution is 6.01. The number of rotatable bonds is 10. The molecule has 4 aromatic rings. The number of amides is 2. The number of fused-ring (bicyclic) bond motifs is 2. The number of hydrogen-bond donors (Lipinski definition) is 3. The number of carbonyl (C=O) groups excluding carboxylic acids is 3. The molecule has 45 heavy (non-hydrogen) atoms. The summed E-state index contributed by atoms with van der Waals surface area (Å²) < 4.78 is 25.3. The number of hydrogen-bond acceptors (Lipinski definition) is 8. The number of halogens is 1. The number of aliphatic hydroxyl groups is 1. The zero-order valence-corrected chi connectivity index (χ0v) is 25.1. The van der Waals surface area contributed by atoms with E-state index in [2.05, 4.69) is 10.3 Å². The number of benzene rings is 2. The normalized spacial score (nSPS) is 19.2. The second kappa shape index (κ2) is 10.9. The van der Waals surface area contributed by atoms with E-state index in [0.29, 0.717) is 52.2 Å². The van der Waals surface area contributed by atoms with E-state index in [1.807, 2.05) is 6.07 Å². The van der Waals surface area contributed by atoms with Crippen LogP contribution in [0.1, 0.15) is 61.1 Å². The van der Waals surface area contributed by atoms with Gasteiger partial charge in [-0.2, -0.15) is 0 Å². The van der Waals surface area contributed by atoms with Gasteiger partial charge in [-0.15, -0.1) is 0 Å². The molecule has 1 aliphatic heterocycles. The Labute approximate surface area is 258 Å². The van der Waals surface area contributed by atoms with Gasteiger partial charge in [0.2, 0.25) is 11.8 Å². The molecule has 0 bridgehead atoms. The third kappa shape index (κ3) is 5.37. The van der Waals surface area contributed by atoms with Crippen molar-refractivity contribution in [2.75, 3.05) is 13.7 Å². The Morgan fingerprint density at radius 3 is 2.56 bits per heavy atom. The van der Waals surface area contributed by atoms with Crippen LogP contribution in [0.5, 0.6) is 11.5 Å². The van der Waals surface area contributed by atoms with Gasteiger partial charge in [0.1, 0.15) is 51.7 Å². The van der Waals surface area contributed by atoms with Crippen LogP contribution in [0.4, 0.5) is 4.39 Å². The number of aromatic nitrogens is 2. The lowest BCUT2D eigenvalue weighted by atomic mass is 9.81. The molecule has 2 amide bonds. The molecule has 1 aliphatic carbocycles. The van der Waals surface area contributed by atoms with Crippen molar-refractivity contribution in [2.45, 2.75) is 56.1 Å². The average molecular weight is 613 g/mol. The van der Waals surface area contributed by atoms with Crippen molar-refractivity contribution in [2.24, 2.45) is 5.73 Å². The van der Waals surface area contributed by atoms with E-state index in [1.54, 1.807) is 44.3 Å². The van der Waals surface area contributed by atoms with Gasteiger partial charge in [0, 0.05) is 34.7 Å². The van der Waals surface area contributed by atoms with Gasteiger partial charge < -0.3 is 25.6 Å². The number of ketones is 1. The maximum absolute atomic E-state index is 13.8. The van der Waals surface area contributed by atoms with Crippen molar-refractivity contribution in [3.8, 4) is 22.8 Å². The summed E-state index contributed by atoms with van der Waals surface area (Å²) in [6.45, 7) is 3.18. The standard InChI is InChI=1S/C34H33FN4O6/c1-32(31(42)39-34(12-13-34)30(36)41)18-45-29-23(32)17-26(38-28(29)19-6-8-22(35)9-7-19)33(2,43)11-10-24(40)21-15-20-5-4-14-37-27(20)25(16-21)44-3/h4-9,14-17,43H,10-13,18H2,1-3H3,(H2,36,41)(H,39,42)/t32-,33-/m0/s1. The quantitative estimate of drug-likeness (QED) is 0.226. The monoisotopic (exact) mass is 612 g/mol. The van der Waals surface area contributed by atoms with Crippen LogP contribution in [0.3, 0.4) is 0 Å².